The van der Waals surface area contributed by atoms with Crippen molar-refractivity contribution in [1.82, 2.24) is 20.1 Å². The smallest absolute Gasteiger partial charge is 0.237 e. The maximum atomic E-state index is 5.52. The topological polar surface area (TPSA) is 76.8 Å². The number of rotatable bonds is 6. The monoisotopic (exact) mass is 366 g/mol. The van der Waals surface area contributed by atoms with Crippen LogP contribution in [-0.2, 0) is 5.75 Å². The molecule has 0 saturated carbocycles. The van der Waals surface area contributed by atoms with Crippen molar-refractivity contribution in [2.45, 2.75) is 24.8 Å². The number of aromatic amines is 1. The molecule has 0 radical (unpaired) electrons. The summed E-state index contributed by atoms with van der Waals surface area (Å²) in [6, 6.07) is 13.8. The average Bonchev–Trinajstić information content (AvgIpc) is 3.27. The summed E-state index contributed by atoms with van der Waals surface area (Å²) >= 11 is 1.53. The Hall–Kier alpha value is -2.80. The minimum absolute atomic E-state index is 0.553. The maximum Gasteiger partial charge on any atom is 0.237 e. The minimum Gasteiger partial charge on any atom is -0.494 e. The molecule has 0 saturated heterocycles. The number of fused-ring (bicyclic) bond motifs is 1. The molecule has 0 fully saturated rings. The Labute approximate surface area is 155 Å². The van der Waals surface area contributed by atoms with Crippen LogP contribution < -0.4 is 4.74 Å². The predicted molar refractivity (Wildman–Crippen MR) is 101 cm³/mol. The average molecular weight is 366 g/mol. The van der Waals surface area contributed by atoms with Crippen molar-refractivity contribution in [2.24, 2.45) is 0 Å². The van der Waals surface area contributed by atoms with Gasteiger partial charge >= 0.3 is 0 Å². The standard InChI is InChI=1S/C19H18N4O2S/c1-3-24-13-8-9-15-16(10-13)21-19(20-15)26-11-17-22-18(23-25-17)14-7-5-4-6-12(14)2/h4-10H,3,11H2,1-2H3,(H,20,21). The minimum atomic E-state index is 0.553. The highest BCUT2D eigenvalue weighted by Crippen LogP contribution is 2.26. The zero-order valence-corrected chi connectivity index (χ0v) is 15.3. The first-order chi connectivity index (χ1) is 12.7. The van der Waals surface area contributed by atoms with E-state index in [-0.39, 0.29) is 0 Å². The molecule has 0 spiro atoms. The van der Waals surface area contributed by atoms with Gasteiger partial charge in [-0.05, 0) is 31.5 Å². The Bertz CT molecular complexity index is 1040. The fourth-order valence-corrected chi connectivity index (χ4v) is 3.39. The molecular formula is C19H18N4O2S. The second-order valence-corrected chi connectivity index (χ2v) is 6.73. The first-order valence-corrected chi connectivity index (χ1v) is 9.35. The van der Waals surface area contributed by atoms with Crippen LogP contribution in [0.15, 0.2) is 52.1 Å². The number of aromatic nitrogens is 4. The molecule has 4 aromatic rings. The van der Waals surface area contributed by atoms with Crippen molar-refractivity contribution in [3.8, 4) is 17.1 Å². The van der Waals surface area contributed by atoms with Crippen molar-refractivity contribution in [2.75, 3.05) is 6.61 Å². The van der Waals surface area contributed by atoms with Gasteiger partial charge in [0.25, 0.3) is 0 Å². The molecule has 26 heavy (non-hydrogen) atoms. The van der Waals surface area contributed by atoms with Crippen LogP contribution in [-0.4, -0.2) is 26.7 Å². The van der Waals surface area contributed by atoms with Crippen molar-refractivity contribution >= 4 is 22.8 Å². The van der Waals surface area contributed by atoms with E-state index in [1.54, 1.807) is 0 Å². The number of imidazole rings is 1. The molecule has 0 bridgehead atoms. The van der Waals surface area contributed by atoms with E-state index in [0.717, 1.165) is 33.1 Å². The van der Waals surface area contributed by atoms with Crippen molar-refractivity contribution in [1.29, 1.82) is 0 Å². The summed E-state index contributed by atoms with van der Waals surface area (Å²) in [6.45, 7) is 4.64. The number of hydrogen-bond donors (Lipinski definition) is 1. The van der Waals surface area contributed by atoms with Gasteiger partial charge in [0.2, 0.25) is 11.7 Å². The quantitative estimate of drug-likeness (QED) is 0.502. The van der Waals surface area contributed by atoms with Crippen LogP contribution in [0.3, 0.4) is 0 Å². The largest absolute Gasteiger partial charge is 0.494 e. The zero-order chi connectivity index (χ0) is 17.9. The molecule has 1 N–H and O–H groups in total. The molecule has 0 aliphatic rings. The summed E-state index contributed by atoms with van der Waals surface area (Å²) in [5.41, 5.74) is 3.96. The van der Waals surface area contributed by atoms with E-state index in [4.69, 9.17) is 9.26 Å². The first kappa shape index (κ1) is 16.7. The van der Waals surface area contributed by atoms with Crippen LogP contribution in [0.1, 0.15) is 18.4 Å². The number of aryl methyl sites for hydroxylation is 1. The van der Waals surface area contributed by atoms with Gasteiger partial charge in [0, 0.05) is 11.6 Å². The van der Waals surface area contributed by atoms with E-state index < -0.39 is 0 Å². The second-order valence-electron chi connectivity index (χ2n) is 5.77. The van der Waals surface area contributed by atoms with Gasteiger partial charge in [-0.1, -0.05) is 41.2 Å². The van der Waals surface area contributed by atoms with E-state index in [9.17, 15) is 0 Å². The van der Waals surface area contributed by atoms with Crippen LogP contribution in [0, 0.1) is 6.92 Å². The Morgan fingerprint density at radius 2 is 2.04 bits per heavy atom. The highest BCUT2D eigenvalue weighted by molar-refractivity contribution is 7.98. The Morgan fingerprint density at radius 1 is 1.15 bits per heavy atom. The summed E-state index contributed by atoms with van der Waals surface area (Å²) < 4.78 is 10.9. The van der Waals surface area contributed by atoms with Crippen LogP contribution in [0.5, 0.6) is 5.75 Å². The van der Waals surface area contributed by atoms with E-state index in [1.165, 1.54) is 11.8 Å². The molecule has 0 atom stereocenters. The van der Waals surface area contributed by atoms with Crippen LogP contribution in [0.2, 0.25) is 0 Å². The van der Waals surface area contributed by atoms with Gasteiger partial charge in [-0.15, -0.1) is 0 Å². The fourth-order valence-electron chi connectivity index (χ4n) is 2.67. The number of nitrogens with zero attached hydrogens (tertiary/aromatic N) is 3. The lowest BCUT2D eigenvalue weighted by Crippen LogP contribution is -1.90. The van der Waals surface area contributed by atoms with E-state index in [1.807, 2.05) is 56.3 Å². The molecule has 2 heterocycles. The van der Waals surface area contributed by atoms with Crippen molar-refractivity contribution in [3.05, 3.63) is 53.9 Å². The first-order valence-electron chi connectivity index (χ1n) is 8.37. The van der Waals surface area contributed by atoms with Gasteiger partial charge in [-0.3, -0.25) is 0 Å². The fraction of sp³-hybridized carbons (Fsp3) is 0.211. The third-order valence-corrected chi connectivity index (χ3v) is 4.79. The van der Waals surface area contributed by atoms with E-state index in [0.29, 0.717) is 24.1 Å². The summed E-state index contributed by atoms with van der Waals surface area (Å²) in [5.74, 6) is 2.57. The molecule has 132 valence electrons. The summed E-state index contributed by atoms with van der Waals surface area (Å²) in [4.78, 5) is 12.4. The second kappa shape index (κ2) is 7.21. The lowest BCUT2D eigenvalue weighted by Gasteiger charge is -2.00. The third-order valence-electron chi connectivity index (χ3n) is 3.93. The Balaban J connectivity index is 1.47. The summed E-state index contributed by atoms with van der Waals surface area (Å²) in [6.07, 6.45) is 0. The number of H-pyrrole nitrogens is 1. The molecule has 2 aromatic carbocycles. The number of thioether (sulfide) groups is 1. The molecule has 6 nitrogen and oxygen atoms in total. The van der Waals surface area contributed by atoms with Crippen molar-refractivity contribution in [3.63, 3.8) is 0 Å². The van der Waals surface area contributed by atoms with Crippen LogP contribution >= 0.6 is 11.8 Å². The summed E-state index contributed by atoms with van der Waals surface area (Å²) in [7, 11) is 0. The lowest BCUT2D eigenvalue weighted by atomic mass is 10.1. The number of nitrogens with one attached hydrogen (secondary N) is 1. The van der Waals surface area contributed by atoms with Gasteiger partial charge in [-0.2, -0.15) is 4.98 Å². The molecule has 7 heteroatoms. The number of benzene rings is 2. The SMILES string of the molecule is CCOc1ccc2nc(SCc3nc(-c4ccccc4C)no3)[nH]c2c1. The summed E-state index contributed by atoms with van der Waals surface area (Å²) in [5, 5.41) is 4.90. The normalized spacial score (nSPS) is 11.2. The zero-order valence-electron chi connectivity index (χ0n) is 14.5. The van der Waals surface area contributed by atoms with Gasteiger partial charge in [-0.25, -0.2) is 4.98 Å². The van der Waals surface area contributed by atoms with Gasteiger partial charge < -0.3 is 14.2 Å². The lowest BCUT2D eigenvalue weighted by molar-refractivity contribution is 0.340. The van der Waals surface area contributed by atoms with Gasteiger partial charge in [0.1, 0.15) is 5.75 Å². The Kier molecular flexibility index (Phi) is 4.62. The van der Waals surface area contributed by atoms with E-state index >= 15 is 0 Å². The number of ether oxygens (including phenoxy) is 1. The molecule has 4 rings (SSSR count). The molecule has 2 aromatic heterocycles. The predicted octanol–water partition coefficient (Wildman–Crippen LogP) is 4.61. The molecule has 0 unspecified atom stereocenters. The Morgan fingerprint density at radius 3 is 2.88 bits per heavy atom. The molecule has 0 aliphatic heterocycles. The highest BCUT2D eigenvalue weighted by atomic mass is 32.2. The molecule has 0 amide bonds. The molecule has 0 aliphatic carbocycles. The maximum absolute atomic E-state index is 5.52. The van der Waals surface area contributed by atoms with E-state index in [2.05, 4.69) is 20.1 Å². The molecular weight excluding hydrogens is 348 g/mol. The van der Waals surface area contributed by atoms with Crippen LogP contribution in [0.4, 0.5) is 0 Å². The van der Waals surface area contributed by atoms with Crippen LogP contribution in [0.25, 0.3) is 22.4 Å². The third kappa shape index (κ3) is 3.43. The van der Waals surface area contributed by atoms with Crippen molar-refractivity contribution < 1.29 is 9.26 Å². The number of hydrogen-bond acceptors (Lipinski definition) is 6. The van der Waals surface area contributed by atoms with Gasteiger partial charge in [0.05, 0.1) is 23.4 Å². The van der Waals surface area contributed by atoms with Gasteiger partial charge in [0.15, 0.2) is 5.16 Å². The highest BCUT2D eigenvalue weighted by Gasteiger charge is 2.12.